The molecule has 6 heteroatoms. The zero-order valence-corrected chi connectivity index (χ0v) is 10.4. The molecule has 18 heavy (non-hydrogen) atoms. The number of anilines is 1. The number of benzene rings is 1. The molecule has 0 amide bonds. The van der Waals surface area contributed by atoms with Crippen LogP contribution in [-0.2, 0) is 0 Å². The van der Waals surface area contributed by atoms with E-state index in [1.54, 1.807) is 11.8 Å². The number of hydrogen-bond donors (Lipinski definition) is 1. The highest BCUT2D eigenvalue weighted by atomic mass is 32.2. The van der Waals surface area contributed by atoms with Crippen LogP contribution in [0, 0.1) is 33.8 Å². The van der Waals surface area contributed by atoms with Crippen molar-refractivity contribution in [2.24, 2.45) is 0 Å². The fourth-order valence-electron chi connectivity index (χ4n) is 1.30. The summed E-state index contributed by atoms with van der Waals surface area (Å²) >= 11 is 1.56. The van der Waals surface area contributed by atoms with Crippen molar-refractivity contribution in [1.82, 2.24) is 0 Å². The maximum atomic E-state index is 10.8. The SMILES string of the molecule is C#CCSCCNc1cc(C#N)ccc1[N+](=O)[O-]. The summed E-state index contributed by atoms with van der Waals surface area (Å²) in [5, 5.41) is 22.5. The molecule has 0 bridgehead atoms. The summed E-state index contributed by atoms with van der Waals surface area (Å²) < 4.78 is 0. The van der Waals surface area contributed by atoms with E-state index in [1.807, 2.05) is 6.07 Å². The lowest BCUT2D eigenvalue weighted by atomic mass is 10.2. The molecule has 0 atom stereocenters. The first kappa shape index (κ1) is 13.9. The predicted octanol–water partition coefficient (Wildman–Crippen LogP) is 2.24. The average Bonchev–Trinajstić information content (AvgIpc) is 2.38. The van der Waals surface area contributed by atoms with Crippen LogP contribution in [0.2, 0.25) is 0 Å². The number of terminal acetylenes is 1. The van der Waals surface area contributed by atoms with E-state index in [4.69, 9.17) is 11.7 Å². The van der Waals surface area contributed by atoms with Crippen molar-refractivity contribution in [1.29, 1.82) is 5.26 Å². The van der Waals surface area contributed by atoms with Gasteiger partial charge in [-0.15, -0.1) is 18.2 Å². The molecule has 0 aromatic heterocycles. The monoisotopic (exact) mass is 261 g/mol. The summed E-state index contributed by atoms with van der Waals surface area (Å²) in [5.41, 5.74) is 0.718. The molecular weight excluding hydrogens is 250 g/mol. The molecule has 0 aliphatic heterocycles. The van der Waals surface area contributed by atoms with E-state index in [0.717, 1.165) is 5.75 Å². The number of rotatable bonds is 6. The molecule has 1 rings (SSSR count). The lowest BCUT2D eigenvalue weighted by molar-refractivity contribution is -0.384. The van der Waals surface area contributed by atoms with Crippen LogP contribution in [-0.4, -0.2) is 23.0 Å². The lowest BCUT2D eigenvalue weighted by Crippen LogP contribution is -2.06. The molecule has 92 valence electrons. The highest BCUT2D eigenvalue weighted by molar-refractivity contribution is 7.99. The summed E-state index contributed by atoms with van der Waals surface area (Å²) in [6.45, 7) is 0.558. The van der Waals surface area contributed by atoms with Crippen molar-refractivity contribution in [3.05, 3.63) is 33.9 Å². The summed E-state index contributed by atoms with van der Waals surface area (Å²) in [5.74, 6) is 3.86. The van der Waals surface area contributed by atoms with Gasteiger partial charge in [-0.1, -0.05) is 5.92 Å². The fraction of sp³-hybridized carbons (Fsp3) is 0.250. The molecule has 0 spiro atoms. The molecule has 1 aromatic rings. The molecule has 0 fully saturated rings. The molecule has 0 unspecified atom stereocenters. The minimum absolute atomic E-state index is 0.0315. The van der Waals surface area contributed by atoms with Crippen molar-refractivity contribution in [3.8, 4) is 18.4 Å². The quantitative estimate of drug-likeness (QED) is 0.368. The van der Waals surface area contributed by atoms with E-state index in [-0.39, 0.29) is 5.69 Å². The van der Waals surface area contributed by atoms with E-state index in [0.29, 0.717) is 23.5 Å². The van der Waals surface area contributed by atoms with Gasteiger partial charge in [-0.05, 0) is 12.1 Å². The first-order valence-electron chi connectivity index (χ1n) is 5.12. The second-order valence-electron chi connectivity index (χ2n) is 3.28. The van der Waals surface area contributed by atoms with Crippen LogP contribution in [0.3, 0.4) is 0 Å². The van der Waals surface area contributed by atoms with Gasteiger partial charge < -0.3 is 5.32 Å². The van der Waals surface area contributed by atoms with Crippen LogP contribution in [0.15, 0.2) is 18.2 Å². The van der Waals surface area contributed by atoms with Gasteiger partial charge in [0.1, 0.15) is 5.69 Å². The summed E-state index contributed by atoms with van der Waals surface area (Å²) in [6, 6.07) is 6.18. The number of thioether (sulfide) groups is 1. The number of nitro groups is 1. The maximum Gasteiger partial charge on any atom is 0.292 e. The Morgan fingerprint density at radius 2 is 2.33 bits per heavy atom. The van der Waals surface area contributed by atoms with E-state index in [1.165, 1.54) is 18.2 Å². The van der Waals surface area contributed by atoms with Crippen molar-refractivity contribution >= 4 is 23.1 Å². The van der Waals surface area contributed by atoms with Gasteiger partial charge in [0.15, 0.2) is 0 Å². The Balaban J connectivity index is 2.70. The van der Waals surface area contributed by atoms with Gasteiger partial charge in [0.05, 0.1) is 22.3 Å². The van der Waals surface area contributed by atoms with Crippen LogP contribution < -0.4 is 5.32 Å². The molecular formula is C12H11N3O2S. The minimum Gasteiger partial charge on any atom is -0.379 e. The Labute approximate surface area is 109 Å². The first-order chi connectivity index (χ1) is 8.69. The molecule has 5 nitrogen and oxygen atoms in total. The molecule has 1 N–H and O–H groups in total. The summed E-state index contributed by atoms with van der Waals surface area (Å²) in [4.78, 5) is 10.3. The summed E-state index contributed by atoms with van der Waals surface area (Å²) in [7, 11) is 0. The minimum atomic E-state index is -0.474. The zero-order chi connectivity index (χ0) is 13.4. The molecule has 0 aliphatic carbocycles. The number of nitrogens with zero attached hydrogens (tertiary/aromatic N) is 2. The molecule has 0 aliphatic rings. The van der Waals surface area contributed by atoms with Gasteiger partial charge in [-0.2, -0.15) is 5.26 Å². The van der Waals surface area contributed by atoms with Gasteiger partial charge >= 0.3 is 0 Å². The molecule has 1 aromatic carbocycles. The normalized spacial score (nSPS) is 9.22. The van der Waals surface area contributed by atoms with Crippen molar-refractivity contribution in [2.75, 3.05) is 23.4 Å². The maximum absolute atomic E-state index is 10.8. The predicted molar refractivity (Wildman–Crippen MR) is 72.5 cm³/mol. The number of hydrogen-bond acceptors (Lipinski definition) is 5. The Kier molecular flexibility index (Phi) is 5.56. The largest absolute Gasteiger partial charge is 0.379 e. The van der Waals surface area contributed by atoms with Crippen molar-refractivity contribution in [2.45, 2.75) is 0 Å². The van der Waals surface area contributed by atoms with Gasteiger partial charge in [0, 0.05) is 18.4 Å². The van der Waals surface area contributed by atoms with E-state index < -0.39 is 4.92 Å². The third kappa shape index (κ3) is 4.00. The van der Waals surface area contributed by atoms with Gasteiger partial charge in [-0.3, -0.25) is 10.1 Å². The number of nitro benzene ring substituents is 1. The Hall–Kier alpha value is -2.18. The Morgan fingerprint density at radius 3 is 2.94 bits per heavy atom. The smallest absolute Gasteiger partial charge is 0.292 e. The number of nitriles is 1. The van der Waals surface area contributed by atoms with Crippen LogP contribution in [0.1, 0.15) is 5.56 Å². The molecule has 0 saturated heterocycles. The highest BCUT2D eigenvalue weighted by Gasteiger charge is 2.13. The van der Waals surface area contributed by atoms with Gasteiger partial charge in [0.25, 0.3) is 5.69 Å². The fourth-order valence-corrected chi connectivity index (χ4v) is 1.80. The zero-order valence-electron chi connectivity index (χ0n) is 9.55. The lowest BCUT2D eigenvalue weighted by Gasteiger charge is -2.06. The van der Waals surface area contributed by atoms with Crippen LogP contribution >= 0.6 is 11.8 Å². The second kappa shape index (κ2) is 7.21. The number of nitrogens with one attached hydrogen (secondary N) is 1. The second-order valence-corrected chi connectivity index (χ2v) is 4.39. The average molecular weight is 261 g/mol. The van der Waals surface area contributed by atoms with Gasteiger partial charge in [0.2, 0.25) is 0 Å². The molecule has 0 saturated carbocycles. The van der Waals surface area contributed by atoms with E-state index in [9.17, 15) is 10.1 Å². The van der Waals surface area contributed by atoms with E-state index in [2.05, 4.69) is 11.2 Å². The Morgan fingerprint density at radius 1 is 1.56 bits per heavy atom. The summed E-state index contributed by atoms with van der Waals surface area (Å²) in [6.07, 6.45) is 5.11. The highest BCUT2D eigenvalue weighted by Crippen LogP contribution is 2.25. The molecule has 0 heterocycles. The van der Waals surface area contributed by atoms with Crippen molar-refractivity contribution < 1.29 is 4.92 Å². The molecule has 0 radical (unpaired) electrons. The van der Waals surface area contributed by atoms with Crippen molar-refractivity contribution in [3.63, 3.8) is 0 Å². The van der Waals surface area contributed by atoms with Crippen LogP contribution in [0.5, 0.6) is 0 Å². The van der Waals surface area contributed by atoms with Gasteiger partial charge in [-0.25, -0.2) is 0 Å². The standard InChI is InChI=1S/C12H11N3O2S/c1-2-6-18-7-5-14-11-8-10(9-13)3-4-12(11)15(16)17/h1,3-4,8,14H,5-7H2. The Bertz CT molecular complexity index is 517. The topological polar surface area (TPSA) is 79.0 Å². The third-order valence-corrected chi connectivity index (χ3v) is 2.93. The van der Waals surface area contributed by atoms with E-state index >= 15 is 0 Å². The van der Waals surface area contributed by atoms with Crippen LogP contribution in [0.25, 0.3) is 0 Å². The van der Waals surface area contributed by atoms with Crippen LogP contribution in [0.4, 0.5) is 11.4 Å². The third-order valence-electron chi connectivity index (χ3n) is 2.07. The first-order valence-corrected chi connectivity index (χ1v) is 6.28.